The van der Waals surface area contributed by atoms with Crippen LogP contribution in [0.5, 0.6) is 0 Å². The quantitative estimate of drug-likeness (QED) is 0.625. The highest BCUT2D eigenvalue weighted by atomic mass is 19.3. The van der Waals surface area contributed by atoms with Crippen LogP contribution in [0.25, 0.3) is 16.7 Å². The Bertz CT molecular complexity index is 925. The summed E-state index contributed by atoms with van der Waals surface area (Å²) in [4.78, 5) is 4.66. The standard InChI is InChI=1S/C19H18F3N3/c1-10(2)17-16-14(18(21)22)9-15(11-3-4-11)23-19(16)25(24-17)13-7-5-12(20)6-8-13/h5-11,18H,3-4H2,1-2H3. The van der Waals surface area contributed by atoms with Gasteiger partial charge in [-0.05, 0) is 49.1 Å². The zero-order valence-corrected chi connectivity index (χ0v) is 14.0. The number of alkyl halides is 2. The van der Waals surface area contributed by atoms with Crippen molar-refractivity contribution in [3.05, 3.63) is 53.1 Å². The average Bonchev–Trinajstić information content (AvgIpc) is 3.35. The number of hydrogen-bond acceptors (Lipinski definition) is 2. The summed E-state index contributed by atoms with van der Waals surface area (Å²) < 4.78 is 42.3. The molecule has 25 heavy (non-hydrogen) atoms. The summed E-state index contributed by atoms with van der Waals surface area (Å²) in [5, 5.41) is 4.97. The molecule has 0 N–H and O–H groups in total. The Labute approximate surface area is 143 Å². The van der Waals surface area contributed by atoms with E-state index in [2.05, 4.69) is 10.1 Å². The second-order valence-corrected chi connectivity index (χ2v) is 6.84. The number of hydrogen-bond donors (Lipinski definition) is 0. The molecule has 1 saturated carbocycles. The molecular formula is C19H18F3N3. The van der Waals surface area contributed by atoms with Crippen molar-refractivity contribution < 1.29 is 13.2 Å². The lowest BCUT2D eigenvalue weighted by Crippen LogP contribution is -2.01. The van der Waals surface area contributed by atoms with Crippen molar-refractivity contribution in [3.8, 4) is 5.69 Å². The first-order valence-electron chi connectivity index (χ1n) is 8.43. The summed E-state index contributed by atoms with van der Waals surface area (Å²) in [5.74, 6) is -0.138. The SMILES string of the molecule is CC(C)c1nn(-c2ccc(F)cc2)c2nc(C3CC3)cc(C(F)F)c12. The molecule has 1 aliphatic carbocycles. The molecule has 2 heterocycles. The van der Waals surface area contributed by atoms with Crippen LogP contribution in [0.15, 0.2) is 30.3 Å². The maximum atomic E-state index is 13.8. The van der Waals surface area contributed by atoms with Gasteiger partial charge in [0.05, 0.1) is 16.8 Å². The molecule has 0 spiro atoms. The Morgan fingerprint density at radius 1 is 1.12 bits per heavy atom. The first-order valence-corrected chi connectivity index (χ1v) is 8.43. The second kappa shape index (κ2) is 5.86. The molecule has 3 nitrogen and oxygen atoms in total. The molecule has 0 unspecified atom stereocenters. The van der Waals surface area contributed by atoms with Crippen molar-refractivity contribution in [1.82, 2.24) is 14.8 Å². The Kier molecular flexibility index (Phi) is 3.78. The average molecular weight is 345 g/mol. The van der Waals surface area contributed by atoms with Crippen molar-refractivity contribution in [2.75, 3.05) is 0 Å². The Balaban J connectivity index is 2.04. The molecule has 0 atom stereocenters. The van der Waals surface area contributed by atoms with Crippen LogP contribution in [0.3, 0.4) is 0 Å². The van der Waals surface area contributed by atoms with Crippen LogP contribution in [0, 0.1) is 5.82 Å². The zero-order valence-electron chi connectivity index (χ0n) is 14.0. The second-order valence-electron chi connectivity index (χ2n) is 6.84. The van der Waals surface area contributed by atoms with Gasteiger partial charge in [-0.2, -0.15) is 5.10 Å². The molecule has 2 aromatic heterocycles. The van der Waals surface area contributed by atoms with E-state index < -0.39 is 6.43 Å². The number of halogens is 3. The number of fused-ring (bicyclic) bond motifs is 1. The number of benzene rings is 1. The van der Waals surface area contributed by atoms with Gasteiger partial charge in [-0.25, -0.2) is 22.8 Å². The van der Waals surface area contributed by atoms with E-state index in [-0.39, 0.29) is 23.2 Å². The van der Waals surface area contributed by atoms with Gasteiger partial charge in [-0.15, -0.1) is 0 Å². The fourth-order valence-electron chi connectivity index (χ4n) is 3.12. The predicted molar refractivity (Wildman–Crippen MR) is 89.8 cm³/mol. The molecule has 0 bridgehead atoms. The van der Waals surface area contributed by atoms with Crippen LogP contribution in [0.2, 0.25) is 0 Å². The van der Waals surface area contributed by atoms with Crippen molar-refractivity contribution in [1.29, 1.82) is 0 Å². The lowest BCUT2D eigenvalue weighted by atomic mass is 10.0. The number of rotatable bonds is 4. The van der Waals surface area contributed by atoms with E-state index in [1.807, 2.05) is 13.8 Å². The third-order valence-electron chi connectivity index (χ3n) is 4.56. The third-order valence-corrected chi connectivity index (χ3v) is 4.56. The normalized spacial score (nSPS) is 14.8. The molecule has 6 heteroatoms. The minimum absolute atomic E-state index is 0.0102. The predicted octanol–water partition coefficient (Wildman–Crippen LogP) is 5.50. The molecule has 3 aromatic rings. The molecular weight excluding hydrogens is 327 g/mol. The summed E-state index contributed by atoms with van der Waals surface area (Å²) in [7, 11) is 0. The van der Waals surface area contributed by atoms with Crippen LogP contribution in [-0.2, 0) is 0 Å². The largest absolute Gasteiger partial charge is 0.264 e. The van der Waals surface area contributed by atoms with Gasteiger partial charge in [-0.1, -0.05) is 13.8 Å². The van der Waals surface area contributed by atoms with Gasteiger partial charge in [0.25, 0.3) is 6.43 Å². The Hall–Kier alpha value is -2.37. The monoisotopic (exact) mass is 345 g/mol. The highest BCUT2D eigenvalue weighted by Crippen LogP contribution is 2.42. The molecule has 0 radical (unpaired) electrons. The fraction of sp³-hybridized carbons (Fsp3) is 0.368. The lowest BCUT2D eigenvalue weighted by molar-refractivity contribution is 0.153. The highest BCUT2D eigenvalue weighted by molar-refractivity contribution is 5.85. The van der Waals surface area contributed by atoms with E-state index in [0.717, 1.165) is 12.8 Å². The van der Waals surface area contributed by atoms with Crippen molar-refractivity contribution in [2.24, 2.45) is 0 Å². The number of aromatic nitrogens is 3. The highest BCUT2D eigenvalue weighted by Gasteiger charge is 2.30. The molecule has 130 valence electrons. The summed E-state index contributed by atoms with van der Waals surface area (Å²) in [5.41, 5.74) is 2.31. The molecule has 0 amide bonds. The van der Waals surface area contributed by atoms with Gasteiger partial charge in [0.1, 0.15) is 5.82 Å². The van der Waals surface area contributed by atoms with E-state index in [1.54, 1.807) is 16.8 Å². The van der Waals surface area contributed by atoms with Gasteiger partial charge >= 0.3 is 0 Å². The van der Waals surface area contributed by atoms with E-state index in [0.29, 0.717) is 28.1 Å². The Morgan fingerprint density at radius 3 is 2.36 bits per heavy atom. The van der Waals surface area contributed by atoms with E-state index in [9.17, 15) is 13.2 Å². The molecule has 4 rings (SSSR count). The molecule has 1 aliphatic rings. The fourth-order valence-corrected chi connectivity index (χ4v) is 3.12. The molecule has 0 aliphatic heterocycles. The van der Waals surface area contributed by atoms with E-state index >= 15 is 0 Å². The summed E-state index contributed by atoms with van der Waals surface area (Å²) in [6.45, 7) is 3.83. The maximum Gasteiger partial charge on any atom is 0.264 e. The summed E-state index contributed by atoms with van der Waals surface area (Å²) in [6.07, 6.45) is -0.641. The van der Waals surface area contributed by atoms with Crippen molar-refractivity contribution >= 4 is 11.0 Å². The summed E-state index contributed by atoms with van der Waals surface area (Å²) >= 11 is 0. The van der Waals surface area contributed by atoms with Crippen LogP contribution >= 0.6 is 0 Å². The van der Waals surface area contributed by atoms with Gasteiger partial charge in [0.15, 0.2) is 5.65 Å². The van der Waals surface area contributed by atoms with Crippen LogP contribution in [0.1, 0.15) is 61.9 Å². The van der Waals surface area contributed by atoms with Crippen LogP contribution < -0.4 is 0 Å². The first-order chi connectivity index (χ1) is 12.0. The topological polar surface area (TPSA) is 30.7 Å². The molecule has 1 fully saturated rings. The van der Waals surface area contributed by atoms with Crippen LogP contribution in [0.4, 0.5) is 13.2 Å². The molecule has 1 aromatic carbocycles. The van der Waals surface area contributed by atoms with E-state index in [4.69, 9.17) is 0 Å². The van der Waals surface area contributed by atoms with E-state index in [1.165, 1.54) is 18.2 Å². The zero-order chi connectivity index (χ0) is 17.7. The Morgan fingerprint density at radius 2 is 1.80 bits per heavy atom. The van der Waals surface area contributed by atoms with Gasteiger partial charge in [0, 0.05) is 17.2 Å². The van der Waals surface area contributed by atoms with Gasteiger partial charge in [0.2, 0.25) is 0 Å². The number of pyridine rings is 1. The van der Waals surface area contributed by atoms with Crippen LogP contribution in [-0.4, -0.2) is 14.8 Å². The minimum atomic E-state index is -2.59. The lowest BCUT2D eigenvalue weighted by Gasteiger charge is -2.09. The van der Waals surface area contributed by atoms with Crippen molar-refractivity contribution in [3.63, 3.8) is 0 Å². The third kappa shape index (κ3) is 2.79. The number of nitrogens with zero attached hydrogens (tertiary/aromatic N) is 3. The smallest absolute Gasteiger partial charge is 0.233 e. The minimum Gasteiger partial charge on any atom is -0.233 e. The summed E-state index contributed by atoms with van der Waals surface area (Å²) in [6, 6.07) is 7.36. The van der Waals surface area contributed by atoms with Gasteiger partial charge < -0.3 is 0 Å². The maximum absolute atomic E-state index is 13.8. The van der Waals surface area contributed by atoms with Crippen molar-refractivity contribution in [2.45, 2.75) is 45.0 Å². The van der Waals surface area contributed by atoms with Gasteiger partial charge in [-0.3, -0.25) is 0 Å². The molecule has 0 saturated heterocycles. The first kappa shape index (κ1) is 16.1.